The molecule has 0 radical (unpaired) electrons. The third kappa shape index (κ3) is 55.2. The first-order chi connectivity index (χ1) is 37.2. The molecule has 436 valence electrons. The van der Waals surface area contributed by atoms with Crippen molar-refractivity contribution in [1.82, 2.24) is 0 Å². The second-order valence-corrected chi connectivity index (χ2v) is 21.2. The van der Waals surface area contributed by atoms with Gasteiger partial charge < -0.3 is 24.2 Å². The maximum atomic E-state index is 12.9. The Balaban J connectivity index is 4.78. The number of carbonyl (C=O) groups excluding carboxylic acids is 3. The van der Waals surface area contributed by atoms with E-state index in [1.165, 1.54) is 38.5 Å². The largest absolute Gasteiger partial charge is 0.472 e. The minimum Gasteiger partial charge on any atom is -0.462 e. The predicted octanol–water partition coefficient (Wildman–Crippen LogP) is 18.0. The fourth-order valence-electron chi connectivity index (χ4n) is 7.86. The summed E-state index contributed by atoms with van der Waals surface area (Å²) in [7, 11) is -4.76. The molecule has 3 atom stereocenters. The van der Waals surface area contributed by atoms with Gasteiger partial charge in [-0.25, -0.2) is 4.57 Å². The van der Waals surface area contributed by atoms with Gasteiger partial charge in [0.25, 0.3) is 0 Å². The lowest BCUT2D eigenvalue weighted by Gasteiger charge is -2.21. The molecule has 0 heterocycles. The second kappa shape index (κ2) is 57.6. The van der Waals surface area contributed by atoms with Gasteiger partial charge in [-0.2, -0.15) is 0 Å². The maximum Gasteiger partial charge on any atom is 0.472 e. The first kappa shape index (κ1) is 72.4. The van der Waals surface area contributed by atoms with Gasteiger partial charge in [-0.05, 0) is 116 Å². The minimum atomic E-state index is -4.76. The lowest BCUT2D eigenvalue weighted by atomic mass is 10.1. The van der Waals surface area contributed by atoms with E-state index < -0.39 is 57.8 Å². The molecule has 0 aromatic rings. The van der Waals surface area contributed by atoms with Gasteiger partial charge in [0.05, 0.1) is 19.8 Å². The molecule has 0 aliphatic carbocycles. The molecule has 0 rings (SSSR count). The van der Waals surface area contributed by atoms with Crippen molar-refractivity contribution in [1.29, 1.82) is 0 Å². The highest BCUT2D eigenvalue weighted by atomic mass is 31.2. The molecule has 2 N–H and O–H groups in total. The van der Waals surface area contributed by atoms with Crippen LogP contribution in [-0.4, -0.2) is 66.5 Å². The molecule has 0 amide bonds. The number of esters is 3. The predicted molar refractivity (Wildman–Crippen MR) is 316 cm³/mol. The van der Waals surface area contributed by atoms with Crippen LogP contribution in [0.25, 0.3) is 0 Å². The maximum absolute atomic E-state index is 12.9. The summed E-state index contributed by atoms with van der Waals surface area (Å²) in [6, 6.07) is 0. The number of carbonyl (C=O) groups is 3. The monoisotopic (exact) mass is 1080 g/mol. The molecule has 0 aromatic heterocycles. The third-order valence-electron chi connectivity index (χ3n) is 12.5. The number of allylic oxidation sites excluding steroid dienone is 16. The van der Waals surface area contributed by atoms with Gasteiger partial charge >= 0.3 is 25.7 Å². The Kier molecular flexibility index (Phi) is 54.8. The van der Waals surface area contributed by atoms with E-state index >= 15 is 0 Å². The van der Waals surface area contributed by atoms with Crippen LogP contribution in [0.3, 0.4) is 0 Å². The van der Waals surface area contributed by atoms with E-state index in [9.17, 15) is 28.9 Å². The Hall–Kier alpha value is -3.60. The normalized spacial score (nSPS) is 14.0. The van der Waals surface area contributed by atoms with Crippen molar-refractivity contribution in [2.75, 3.05) is 26.4 Å². The van der Waals surface area contributed by atoms with Gasteiger partial charge in [-0.1, -0.05) is 214 Å². The summed E-state index contributed by atoms with van der Waals surface area (Å²) in [6.07, 6.45) is 67.9. The van der Waals surface area contributed by atoms with Crippen LogP contribution in [0, 0.1) is 0 Å². The Labute approximate surface area is 463 Å². The van der Waals surface area contributed by atoms with Crippen molar-refractivity contribution in [2.45, 2.75) is 264 Å². The van der Waals surface area contributed by atoms with E-state index in [4.69, 9.17) is 23.3 Å². The Morgan fingerprint density at radius 3 is 1.11 bits per heavy atom. The SMILES string of the molecule is CC/C=C\C/C=C\C/C=C\C/C=C\CCCCCCCCC(=O)OC(COC(=O)CCCCCCCC/C=C\C/C=C\C/C=C\CCCCC)COP(=O)(O)OCC(CO)OC(=O)CCCCCCC/C=C\CCCC. The number of rotatable bonds is 55. The van der Waals surface area contributed by atoms with Crippen LogP contribution in [-0.2, 0) is 42.2 Å². The topological polar surface area (TPSA) is 155 Å². The average molecular weight is 1090 g/mol. The number of unbranched alkanes of at least 4 members (excludes halogenated alkanes) is 22. The number of phosphoric acid groups is 1. The van der Waals surface area contributed by atoms with E-state index in [0.717, 1.165) is 154 Å². The van der Waals surface area contributed by atoms with Crippen LogP contribution >= 0.6 is 7.82 Å². The van der Waals surface area contributed by atoms with Gasteiger partial charge in [0.1, 0.15) is 12.7 Å². The molecule has 0 aromatic carbocycles. The molecule has 0 aliphatic heterocycles. The quantitative estimate of drug-likeness (QED) is 0.0197. The van der Waals surface area contributed by atoms with Crippen molar-refractivity contribution in [3.63, 3.8) is 0 Å². The van der Waals surface area contributed by atoms with Crippen molar-refractivity contribution in [2.24, 2.45) is 0 Å². The number of phosphoric ester groups is 1. The van der Waals surface area contributed by atoms with Gasteiger partial charge in [-0.15, -0.1) is 0 Å². The van der Waals surface area contributed by atoms with Gasteiger partial charge in [-0.3, -0.25) is 23.4 Å². The lowest BCUT2D eigenvalue weighted by Crippen LogP contribution is -2.30. The molecule has 76 heavy (non-hydrogen) atoms. The van der Waals surface area contributed by atoms with E-state index in [1.807, 2.05) is 0 Å². The summed E-state index contributed by atoms with van der Waals surface area (Å²) in [5, 5.41) is 9.80. The van der Waals surface area contributed by atoms with E-state index in [-0.39, 0.29) is 25.9 Å². The zero-order valence-corrected chi connectivity index (χ0v) is 49.1. The standard InChI is InChI=1S/C64H109O11P/c1-4-7-10-13-16-19-22-24-26-28-30-32-34-36-39-41-44-47-50-53-62(66)71-57-61(75-64(68)55-52-49-46-43-40-37-35-33-31-29-27-25-23-20-17-14-11-8-5-2)59-73-76(69,70)72-58-60(56-65)74-63(67)54-51-48-45-42-38-21-18-15-12-9-6-3/h8,11,15-20,24-27,30-33,60-61,65H,4-7,9-10,12-14,21-23,28-29,34-59H2,1-3H3,(H,69,70)/b11-8-,18-15-,19-16-,20-17-,26-24-,27-25-,32-30-,33-31-. The highest BCUT2D eigenvalue weighted by molar-refractivity contribution is 7.47. The summed E-state index contributed by atoms with van der Waals surface area (Å²) < 4.78 is 39.5. The Morgan fingerprint density at radius 1 is 0.382 bits per heavy atom. The van der Waals surface area contributed by atoms with Crippen molar-refractivity contribution >= 4 is 25.7 Å². The van der Waals surface area contributed by atoms with Crippen LogP contribution < -0.4 is 0 Å². The smallest absolute Gasteiger partial charge is 0.462 e. The van der Waals surface area contributed by atoms with Crippen LogP contribution in [0.2, 0.25) is 0 Å². The molecule has 0 spiro atoms. The van der Waals surface area contributed by atoms with Crippen molar-refractivity contribution in [3.8, 4) is 0 Å². The van der Waals surface area contributed by atoms with Crippen LogP contribution in [0.1, 0.15) is 252 Å². The molecule has 11 nitrogen and oxygen atoms in total. The fourth-order valence-corrected chi connectivity index (χ4v) is 8.65. The van der Waals surface area contributed by atoms with Gasteiger partial charge in [0.2, 0.25) is 0 Å². The number of hydrogen-bond acceptors (Lipinski definition) is 10. The van der Waals surface area contributed by atoms with E-state index in [2.05, 4.69) is 118 Å². The Bertz CT molecular complexity index is 1640. The van der Waals surface area contributed by atoms with E-state index in [1.54, 1.807) is 0 Å². The lowest BCUT2D eigenvalue weighted by molar-refractivity contribution is -0.161. The van der Waals surface area contributed by atoms with Crippen LogP contribution in [0.15, 0.2) is 97.2 Å². The second-order valence-electron chi connectivity index (χ2n) is 19.8. The zero-order chi connectivity index (χ0) is 55.5. The van der Waals surface area contributed by atoms with Crippen molar-refractivity contribution in [3.05, 3.63) is 97.2 Å². The number of aliphatic hydroxyl groups excluding tert-OH is 1. The van der Waals surface area contributed by atoms with Gasteiger partial charge in [0, 0.05) is 19.3 Å². The van der Waals surface area contributed by atoms with Gasteiger partial charge in [0.15, 0.2) is 6.10 Å². The molecule has 0 saturated heterocycles. The summed E-state index contributed by atoms with van der Waals surface area (Å²) in [6.45, 7) is 4.43. The zero-order valence-electron chi connectivity index (χ0n) is 48.2. The molecular formula is C64H109O11P. The summed E-state index contributed by atoms with van der Waals surface area (Å²) >= 11 is 0. The van der Waals surface area contributed by atoms with Crippen LogP contribution in [0.4, 0.5) is 0 Å². The fraction of sp³-hybridized carbons (Fsp3) is 0.703. The van der Waals surface area contributed by atoms with Crippen LogP contribution in [0.5, 0.6) is 0 Å². The first-order valence-electron chi connectivity index (χ1n) is 30.1. The van der Waals surface area contributed by atoms with E-state index in [0.29, 0.717) is 19.3 Å². The number of ether oxygens (including phenoxy) is 3. The first-order valence-corrected chi connectivity index (χ1v) is 31.6. The third-order valence-corrected chi connectivity index (χ3v) is 13.4. The molecule has 0 aliphatic rings. The summed E-state index contributed by atoms with van der Waals surface area (Å²) in [5.41, 5.74) is 0. The van der Waals surface area contributed by atoms with Crippen molar-refractivity contribution < 1.29 is 52.2 Å². The molecule has 3 unspecified atom stereocenters. The number of aliphatic hydroxyl groups is 1. The molecule has 0 bridgehead atoms. The highest BCUT2D eigenvalue weighted by Gasteiger charge is 2.28. The summed E-state index contributed by atoms with van der Waals surface area (Å²) in [5.74, 6) is -1.51. The average Bonchev–Trinajstić information content (AvgIpc) is 3.41. The molecule has 12 heteroatoms. The molecular weight excluding hydrogens is 976 g/mol. The molecule has 0 saturated carbocycles. The number of hydrogen-bond donors (Lipinski definition) is 2. The minimum absolute atomic E-state index is 0.144. The highest BCUT2D eigenvalue weighted by Crippen LogP contribution is 2.43. The summed E-state index contributed by atoms with van der Waals surface area (Å²) in [4.78, 5) is 48.6. The Morgan fingerprint density at radius 2 is 0.697 bits per heavy atom. The molecule has 0 fully saturated rings.